The minimum atomic E-state index is -1.21. The zero-order valence-corrected chi connectivity index (χ0v) is 15.6. The van der Waals surface area contributed by atoms with Gasteiger partial charge in [0.05, 0.1) is 25.8 Å². The number of nitrogens with two attached hydrogens (primary N) is 1. The predicted octanol–water partition coefficient (Wildman–Crippen LogP) is 1.71. The number of para-hydroxylation sites is 1. The Hall–Kier alpha value is -2.73. The molecule has 6 nitrogen and oxygen atoms in total. The van der Waals surface area contributed by atoms with Crippen molar-refractivity contribution in [3.8, 4) is 11.5 Å². The van der Waals surface area contributed by atoms with Gasteiger partial charge in [0.2, 0.25) is 0 Å². The molecule has 2 aromatic carbocycles. The molecule has 0 amide bonds. The maximum Gasteiger partial charge on any atom is 0.335 e. The number of methoxy groups -OCH3 is 1. The van der Waals surface area contributed by atoms with Crippen LogP contribution in [0.4, 0.5) is 5.69 Å². The third kappa shape index (κ3) is 7.03. The van der Waals surface area contributed by atoms with Gasteiger partial charge in [-0.25, -0.2) is 4.79 Å². The van der Waals surface area contributed by atoms with Gasteiger partial charge >= 0.3 is 5.97 Å². The lowest BCUT2D eigenvalue weighted by Crippen LogP contribution is -2.82. The van der Waals surface area contributed by atoms with Crippen LogP contribution in [0.25, 0.3) is 0 Å². The quantitative estimate of drug-likeness (QED) is 0.666. The lowest BCUT2D eigenvalue weighted by atomic mass is 10.1. The first-order valence-electron chi connectivity index (χ1n) is 8.75. The van der Waals surface area contributed by atoms with E-state index in [1.807, 2.05) is 24.3 Å². The van der Waals surface area contributed by atoms with Gasteiger partial charge in [-0.3, -0.25) is 0 Å². The number of quaternary nitrogens is 1. The average Bonchev–Trinajstić information content (AvgIpc) is 2.64. The highest BCUT2D eigenvalue weighted by molar-refractivity contribution is 5.91. The highest BCUT2D eigenvalue weighted by Crippen LogP contribution is 2.20. The van der Waals surface area contributed by atoms with E-state index in [1.54, 1.807) is 13.2 Å². The molecule has 0 spiro atoms. The molecule has 2 aromatic rings. The van der Waals surface area contributed by atoms with Crippen LogP contribution in [0.5, 0.6) is 11.5 Å². The summed E-state index contributed by atoms with van der Waals surface area (Å²) in [5.41, 5.74) is 1.45. The summed E-state index contributed by atoms with van der Waals surface area (Å²) in [5, 5.41) is 25.6. The smallest absolute Gasteiger partial charge is 0.335 e. The van der Waals surface area contributed by atoms with Gasteiger partial charge in [0.1, 0.15) is 5.75 Å². The van der Waals surface area contributed by atoms with Crippen molar-refractivity contribution in [2.75, 3.05) is 32.1 Å². The summed E-state index contributed by atoms with van der Waals surface area (Å²) in [4.78, 5) is 10.9. The summed E-state index contributed by atoms with van der Waals surface area (Å²) in [7, 11) is 1.62. The molecule has 26 heavy (non-hydrogen) atoms. The van der Waals surface area contributed by atoms with E-state index in [2.05, 4.69) is 24.5 Å². The molecule has 0 aromatic heterocycles. The van der Waals surface area contributed by atoms with E-state index in [0.29, 0.717) is 12.2 Å². The number of benzene rings is 2. The highest BCUT2D eigenvalue weighted by atomic mass is 16.5. The maximum absolute atomic E-state index is 11.4. The molecule has 6 heteroatoms. The monoisotopic (exact) mass is 360 g/mol. The summed E-state index contributed by atoms with van der Waals surface area (Å²) >= 11 is 0. The van der Waals surface area contributed by atoms with Crippen LogP contribution in [0.15, 0.2) is 42.5 Å². The highest BCUT2D eigenvalue weighted by Gasteiger charge is 2.05. The van der Waals surface area contributed by atoms with Crippen molar-refractivity contribution in [2.24, 2.45) is 0 Å². The third-order valence-corrected chi connectivity index (χ3v) is 3.70. The van der Waals surface area contributed by atoms with Crippen LogP contribution in [0, 0.1) is 0 Å². The molecular formula is C20H28N2O4. The number of hydrogen-bond donors (Lipinski definition) is 3. The lowest BCUT2D eigenvalue weighted by Gasteiger charge is -2.13. The zero-order valence-electron chi connectivity index (χ0n) is 15.6. The number of anilines is 1. The van der Waals surface area contributed by atoms with Crippen LogP contribution in [0.3, 0.4) is 0 Å². The predicted molar refractivity (Wildman–Crippen MR) is 101 cm³/mol. The second-order valence-corrected chi connectivity index (χ2v) is 5.61. The van der Waals surface area contributed by atoms with Gasteiger partial charge in [-0.15, -0.1) is 0 Å². The number of aromatic carboxylic acids is 1. The number of rotatable bonds is 8. The summed E-state index contributed by atoms with van der Waals surface area (Å²) in [6, 6.07) is 11.9. The Morgan fingerprint density at radius 3 is 2.46 bits per heavy atom. The normalized spacial score (nSPS) is 9.81. The van der Waals surface area contributed by atoms with Crippen LogP contribution < -0.4 is 20.5 Å². The molecule has 0 aliphatic carbocycles. The van der Waals surface area contributed by atoms with Crippen LogP contribution in [0.1, 0.15) is 29.8 Å². The van der Waals surface area contributed by atoms with Crippen molar-refractivity contribution < 1.29 is 25.1 Å². The lowest BCUT2D eigenvalue weighted by molar-refractivity contribution is -0.648. The second-order valence-electron chi connectivity index (χ2n) is 5.61. The summed E-state index contributed by atoms with van der Waals surface area (Å²) in [6.07, 6.45) is 0.728. The van der Waals surface area contributed by atoms with Crippen LogP contribution in [-0.2, 0) is 6.42 Å². The summed E-state index contributed by atoms with van der Waals surface area (Å²) in [6.45, 7) is 7.36. The van der Waals surface area contributed by atoms with Crippen molar-refractivity contribution in [3.63, 3.8) is 0 Å². The molecule has 0 saturated carbocycles. The van der Waals surface area contributed by atoms with Crippen molar-refractivity contribution in [2.45, 2.75) is 20.3 Å². The van der Waals surface area contributed by atoms with Gasteiger partial charge < -0.3 is 25.6 Å². The maximum atomic E-state index is 11.4. The molecule has 0 radical (unpaired) electrons. The molecule has 0 heterocycles. The second kappa shape index (κ2) is 11.8. The van der Waals surface area contributed by atoms with E-state index in [0.717, 1.165) is 17.7 Å². The van der Waals surface area contributed by atoms with Crippen molar-refractivity contribution >= 4 is 11.7 Å². The Kier molecular flexibility index (Phi) is 9.64. The average molecular weight is 360 g/mol. The molecule has 0 atom stereocenters. The zero-order chi connectivity index (χ0) is 19.4. The number of carboxylic acids is 1. The summed E-state index contributed by atoms with van der Waals surface area (Å²) in [5.74, 6) is -0.883. The first-order valence-corrected chi connectivity index (χ1v) is 8.75. The number of ether oxygens (including phenoxy) is 1. The van der Waals surface area contributed by atoms with Crippen LogP contribution in [0.2, 0.25) is 0 Å². The van der Waals surface area contributed by atoms with E-state index >= 15 is 0 Å². The first kappa shape index (κ1) is 21.3. The topological polar surface area (TPSA) is 98.2 Å². The molecule has 4 N–H and O–H groups in total. The Morgan fingerprint density at radius 2 is 1.88 bits per heavy atom. The molecule has 0 aliphatic rings. The molecule has 0 saturated heterocycles. The van der Waals surface area contributed by atoms with E-state index in [9.17, 15) is 9.90 Å². The molecule has 0 bridgehead atoms. The van der Waals surface area contributed by atoms with E-state index in [4.69, 9.17) is 9.84 Å². The Labute approximate surface area is 154 Å². The van der Waals surface area contributed by atoms with Crippen LogP contribution in [-0.4, -0.2) is 37.8 Å². The van der Waals surface area contributed by atoms with Gasteiger partial charge in [-0.05, 0) is 44.0 Å². The SMILES string of the molecule is CC[NH2+]CC.COc1ccccc1CCNc1ccc([O-])c(C(=O)O)c1. The van der Waals surface area contributed by atoms with E-state index in [1.165, 1.54) is 25.2 Å². The van der Waals surface area contributed by atoms with Crippen molar-refractivity contribution in [3.05, 3.63) is 53.6 Å². The number of hydrogen-bond acceptors (Lipinski definition) is 4. The molecule has 0 unspecified atom stereocenters. The van der Waals surface area contributed by atoms with Crippen molar-refractivity contribution in [1.82, 2.24) is 0 Å². The minimum absolute atomic E-state index is 0.225. The van der Waals surface area contributed by atoms with Crippen molar-refractivity contribution in [1.29, 1.82) is 0 Å². The molecule has 142 valence electrons. The Balaban J connectivity index is 0.000000597. The number of carboxylic acid groups (broad SMARTS) is 1. The van der Waals surface area contributed by atoms with E-state index < -0.39 is 11.7 Å². The fourth-order valence-electron chi connectivity index (χ4n) is 2.35. The Bertz CT molecular complexity index is 687. The summed E-state index contributed by atoms with van der Waals surface area (Å²) < 4.78 is 5.27. The molecule has 0 fully saturated rings. The largest absolute Gasteiger partial charge is 0.872 e. The Morgan fingerprint density at radius 1 is 1.19 bits per heavy atom. The minimum Gasteiger partial charge on any atom is -0.872 e. The number of nitrogens with one attached hydrogen (secondary N) is 1. The molecular weight excluding hydrogens is 332 g/mol. The fourth-order valence-corrected chi connectivity index (χ4v) is 2.35. The van der Waals surface area contributed by atoms with Gasteiger partial charge in [-0.2, -0.15) is 0 Å². The fraction of sp³-hybridized carbons (Fsp3) is 0.350. The standard InChI is InChI=1S/C16H17NO4.C4H11N/c1-21-15-5-3-2-4-11(15)8-9-17-12-6-7-14(18)13(10-12)16(19)20;1-3-5-4-2/h2-7,10,17-18H,8-9H2,1H3,(H,19,20);5H,3-4H2,1-2H3. The van der Waals surface area contributed by atoms with Gasteiger partial charge in [0, 0.05) is 12.2 Å². The molecule has 0 aliphatic heterocycles. The first-order chi connectivity index (χ1) is 12.5. The molecule has 2 rings (SSSR count). The van der Waals surface area contributed by atoms with Gasteiger partial charge in [0.25, 0.3) is 0 Å². The van der Waals surface area contributed by atoms with E-state index in [-0.39, 0.29) is 5.56 Å². The van der Waals surface area contributed by atoms with Crippen LogP contribution >= 0.6 is 0 Å². The third-order valence-electron chi connectivity index (χ3n) is 3.70. The van der Waals surface area contributed by atoms with Gasteiger partial charge in [0.15, 0.2) is 0 Å². The van der Waals surface area contributed by atoms with Gasteiger partial charge in [-0.1, -0.05) is 30.0 Å². The number of carbonyl (C=O) groups is 1.